The normalized spacial score (nSPS) is 10.7. The zero-order valence-electron chi connectivity index (χ0n) is 11.0. The molecule has 4 N–H and O–H groups in total. The molecule has 0 unspecified atom stereocenters. The summed E-state index contributed by atoms with van der Waals surface area (Å²) in [6.07, 6.45) is 4.22. The number of aliphatic hydroxyl groups excluding tert-OH is 1. The van der Waals surface area contributed by atoms with Crippen LogP contribution in [-0.2, 0) is 0 Å². The third-order valence-electron chi connectivity index (χ3n) is 2.32. The molecule has 0 saturated heterocycles. The number of nitrogens with two attached hydrogens (primary N) is 1. The molecule has 1 aromatic heterocycles. The van der Waals surface area contributed by atoms with Gasteiger partial charge in [-0.1, -0.05) is 0 Å². The number of aliphatic hydroxyl groups is 1. The number of unbranched alkanes of at least 4 members (excludes halogenated alkanes) is 2. The molecule has 0 aromatic carbocycles. The summed E-state index contributed by atoms with van der Waals surface area (Å²) in [5.74, 6) is 1.02. The van der Waals surface area contributed by atoms with Crippen LogP contribution in [0.5, 0.6) is 5.88 Å². The minimum atomic E-state index is 0.0274. The summed E-state index contributed by atoms with van der Waals surface area (Å²) in [5.41, 5.74) is 6.36. The van der Waals surface area contributed by atoms with E-state index in [0.29, 0.717) is 17.4 Å². The molecule has 6 heteroatoms. The van der Waals surface area contributed by atoms with Gasteiger partial charge in [0.1, 0.15) is 12.0 Å². The van der Waals surface area contributed by atoms with Gasteiger partial charge in [-0.3, -0.25) is 0 Å². The van der Waals surface area contributed by atoms with E-state index in [-0.39, 0.29) is 12.7 Å². The Balaban J connectivity index is 2.50. The first-order chi connectivity index (χ1) is 8.65. The van der Waals surface area contributed by atoms with Gasteiger partial charge in [-0.2, -0.15) is 4.98 Å². The highest BCUT2D eigenvalue weighted by molar-refractivity contribution is 5.66. The fourth-order valence-electron chi connectivity index (χ4n) is 1.46. The maximum absolute atomic E-state index is 8.67. The van der Waals surface area contributed by atoms with Crippen LogP contribution in [0.1, 0.15) is 33.1 Å². The highest BCUT2D eigenvalue weighted by Gasteiger charge is 2.09. The minimum Gasteiger partial charge on any atom is -0.473 e. The average Bonchev–Trinajstić information content (AvgIpc) is 2.33. The Morgan fingerprint density at radius 3 is 2.78 bits per heavy atom. The molecule has 0 aliphatic rings. The van der Waals surface area contributed by atoms with Gasteiger partial charge in [-0.05, 0) is 33.1 Å². The standard InChI is InChI=1S/C12H22N4O2/c1-9(2)18-12-10(13)11(15-8-16-12)14-6-4-3-5-7-17/h8-9,17H,3-7,13H2,1-2H3,(H,14,15,16). The number of rotatable bonds is 8. The summed E-state index contributed by atoms with van der Waals surface area (Å²) in [4.78, 5) is 8.09. The van der Waals surface area contributed by atoms with E-state index in [1.54, 1.807) is 0 Å². The Bertz CT molecular complexity index is 358. The van der Waals surface area contributed by atoms with Gasteiger partial charge in [0.15, 0.2) is 5.82 Å². The third kappa shape index (κ3) is 4.75. The first kappa shape index (κ1) is 14.5. The molecule has 102 valence electrons. The molecule has 0 bridgehead atoms. The quantitative estimate of drug-likeness (QED) is 0.607. The largest absolute Gasteiger partial charge is 0.473 e. The molecule has 1 heterocycles. The summed E-state index contributed by atoms with van der Waals surface area (Å²) in [5, 5.41) is 11.8. The predicted molar refractivity (Wildman–Crippen MR) is 71.6 cm³/mol. The van der Waals surface area contributed by atoms with Crippen molar-refractivity contribution in [2.24, 2.45) is 0 Å². The van der Waals surface area contributed by atoms with Crippen LogP contribution < -0.4 is 15.8 Å². The van der Waals surface area contributed by atoms with Crippen molar-refractivity contribution < 1.29 is 9.84 Å². The summed E-state index contributed by atoms with van der Waals surface area (Å²) in [7, 11) is 0. The maximum atomic E-state index is 8.67. The van der Waals surface area contributed by atoms with E-state index >= 15 is 0 Å². The monoisotopic (exact) mass is 254 g/mol. The molecular weight excluding hydrogens is 232 g/mol. The molecule has 0 saturated carbocycles. The third-order valence-corrected chi connectivity index (χ3v) is 2.32. The van der Waals surface area contributed by atoms with Gasteiger partial charge < -0.3 is 20.9 Å². The second-order valence-corrected chi connectivity index (χ2v) is 4.32. The Morgan fingerprint density at radius 1 is 1.33 bits per heavy atom. The minimum absolute atomic E-state index is 0.0274. The topological polar surface area (TPSA) is 93.3 Å². The van der Waals surface area contributed by atoms with E-state index in [0.717, 1.165) is 25.8 Å². The Kier molecular flexibility index (Phi) is 6.21. The Morgan fingerprint density at radius 2 is 2.11 bits per heavy atom. The molecule has 6 nitrogen and oxygen atoms in total. The summed E-state index contributed by atoms with van der Waals surface area (Å²) >= 11 is 0. The van der Waals surface area contributed by atoms with Crippen LogP contribution in [0.25, 0.3) is 0 Å². The zero-order chi connectivity index (χ0) is 13.4. The lowest BCUT2D eigenvalue weighted by Crippen LogP contribution is -2.12. The number of nitrogens with one attached hydrogen (secondary N) is 1. The van der Waals surface area contributed by atoms with Crippen LogP contribution in [0.3, 0.4) is 0 Å². The molecule has 0 radical (unpaired) electrons. The van der Waals surface area contributed by atoms with Crippen LogP contribution in [0.2, 0.25) is 0 Å². The molecule has 0 atom stereocenters. The number of hydrogen-bond acceptors (Lipinski definition) is 6. The van der Waals surface area contributed by atoms with E-state index in [1.807, 2.05) is 13.8 Å². The lowest BCUT2D eigenvalue weighted by atomic mass is 10.2. The number of anilines is 2. The van der Waals surface area contributed by atoms with E-state index in [1.165, 1.54) is 6.33 Å². The number of nitrogens with zero attached hydrogens (tertiary/aromatic N) is 2. The van der Waals surface area contributed by atoms with Crippen molar-refractivity contribution in [3.05, 3.63) is 6.33 Å². The van der Waals surface area contributed by atoms with Crippen LogP contribution in [0.15, 0.2) is 6.33 Å². The number of aromatic nitrogens is 2. The van der Waals surface area contributed by atoms with E-state index < -0.39 is 0 Å². The SMILES string of the molecule is CC(C)Oc1ncnc(NCCCCCO)c1N. The van der Waals surface area contributed by atoms with Crippen molar-refractivity contribution in [1.82, 2.24) is 9.97 Å². The van der Waals surface area contributed by atoms with Gasteiger partial charge >= 0.3 is 0 Å². The van der Waals surface area contributed by atoms with Gasteiger partial charge in [0.25, 0.3) is 0 Å². The Labute approximate surface area is 108 Å². The molecule has 1 aromatic rings. The smallest absolute Gasteiger partial charge is 0.242 e. The molecule has 1 rings (SSSR count). The van der Waals surface area contributed by atoms with E-state index in [9.17, 15) is 0 Å². The van der Waals surface area contributed by atoms with Crippen molar-refractivity contribution >= 4 is 11.5 Å². The summed E-state index contributed by atoms with van der Waals surface area (Å²) in [6.45, 7) is 4.84. The second-order valence-electron chi connectivity index (χ2n) is 4.32. The highest BCUT2D eigenvalue weighted by atomic mass is 16.5. The molecule has 18 heavy (non-hydrogen) atoms. The molecule has 0 spiro atoms. The molecular formula is C12H22N4O2. The highest BCUT2D eigenvalue weighted by Crippen LogP contribution is 2.25. The number of ether oxygens (including phenoxy) is 1. The molecule has 0 aliphatic heterocycles. The molecule has 0 fully saturated rings. The fourth-order valence-corrected chi connectivity index (χ4v) is 1.46. The maximum Gasteiger partial charge on any atom is 0.242 e. The first-order valence-corrected chi connectivity index (χ1v) is 6.27. The van der Waals surface area contributed by atoms with Gasteiger partial charge in [0, 0.05) is 13.2 Å². The van der Waals surface area contributed by atoms with Gasteiger partial charge in [0.05, 0.1) is 6.10 Å². The predicted octanol–water partition coefficient (Wildman–Crippen LogP) is 1.42. The number of hydrogen-bond donors (Lipinski definition) is 3. The Hall–Kier alpha value is -1.56. The van der Waals surface area contributed by atoms with Crippen molar-refractivity contribution in [2.45, 2.75) is 39.2 Å². The van der Waals surface area contributed by atoms with E-state index in [4.69, 9.17) is 15.6 Å². The van der Waals surface area contributed by atoms with Crippen molar-refractivity contribution in [3.63, 3.8) is 0 Å². The van der Waals surface area contributed by atoms with Gasteiger partial charge in [-0.15, -0.1) is 0 Å². The average molecular weight is 254 g/mol. The second kappa shape index (κ2) is 7.71. The van der Waals surface area contributed by atoms with Crippen LogP contribution in [-0.4, -0.2) is 34.3 Å². The van der Waals surface area contributed by atoms with Crippen LogP contribution in [0, 0.1) is 0 Å². The summed E-state index contributed by atoms with van der Waals surface area (Å²) < 4.78 is 5.48. The van der Waals surface area contributed by atoms with Gasteiger partial charge in [-0.25, -0.2) is 4.98 Å². The van der Waals surface area contributed by atoms with Gasteiger partial charge in [0.2, 0.25) is 5.88 Å². The summed E-state index contributed by atoms with van der Waals surface area (Å²) in [6, 6.07) is 0. The fraction of sp³-hybridized carbons (Fsp3) is 0.667. The first-order valence-electron chi connectivity index (χ1n) is 6.27. The van der Waals surface area contributed by atoms with Crippen molar-refractivity contribution in [3.8, 4) is 5.88 Å². The van der Waals surface area contributed by atoms with Crippen molar-refractivity contribution in [1.29, 1.82) is 0 Å². The lowest BCUT2D eigenvalue weighted by Gasteiger charge is -2.13. The number of nitrogen functional groups attached to an aromatic ring is 1. The lowest BCUT2D eigenvalue weighted by molar-refractivity contribution is 0.234. The van der Waals surface area contributed by atoms with E-state index in [2.05, 4.69) is 15.3 Å². The van der Waals surface area contributed by atoms with Crippen molar-refractivity contribution in [2.75, 3.05) is 24.2 Å². The van der Waals surface area contributed by atoms with Crippen LogP contribution >= 0.6 is 0 Å². The molecule has 0 amide bonds. The zero-order valence-corrected chi connectivity index (χ0v) is 11.0. The molecule has 0 aliphatic carbocycles. The van der Waals surface area contributed by atoms with Crippen LogP contribution in [0.4, 0.5) is 11.5 Å².